The zero-order valence-electron chi connectivity index (χ0n) is 21.7. The lowest BCUT2D eigenvalue weighted by molar-refractivity contribution is -0.141. The van der Waals surface area contributed by atoms with Gasteiger partial charge in [-0.25, -0.2) is 9.67 Å². The Morgan fingerprint density at radius 2 is 1.83 bits per heavy atom. The number of halogens is 2. The van der Waals surface area contributed by atoms with E-state index in [1.165, 1.54) is 45.8 Å². The second-order valence-corrected chi connectivity index (χ2v) is 9.96. The summed E-state index contributed by atoms with van der Waals surface area (Å²) in [6.45, 7) is -0.0741. The number of carbonyl (C=O) groups is 2. The van der Waals surface area contributed by atoms with E-state index in [2.05, 4.69) is 25.1 Å². The van der Waals surface area contributed by atoms with Gasteiger partial charge in [0.25, 0.3) is 5.56 Å². The molecule has 0 aliphatic carbocycles. The molecule has 3 heterocycles. The van der Waals surface area contributed by atoms with Crippen LogP contribution in [0.4, 0.5) is 0 Å². The van der Waals surface area contributed by atoms with E-state index >= 15 is 0 Å². The van der Waals surface area contributed by atoms with Crippen LogP contribution in [0.15, 0.2) is 84.3 Å². The molecule has 13 heteroatoms. The zero-order chi connectivity index (χ0) is 28.9. The van der Waals surface area contributed by atoms with Crippen molar-refractivity contribution in [2.45, 2.75) is 25.4 Å². The number of ketones is 1. The van der Waals surface area contributed by atoms with Gasteiger partial charge in [-0.05, 0) is 29.3 Å². The Balaban J connectivity index is 1.48. The molecule has 2 aromatic carbocycles. The number of hydrogen-bond acceptors (Lipinski definition) is 8. The topological polar surface area (TPSA) is 127 Å². The predicted octanol–water partition coefficient (Wildman–Crippen LogP) is 3.76. The normalized spacial score (nSPS) is 11.8. The number of benzene rings is 2. The molecular weight excluding hydrogens is 569 g/mol. The van der Waals surface area contributed by atoms with Gasteiger partial charge in [-0.15, -0.1) is 5.10 Å². The molecule has 0 amide bonds. The van der Waals surface area contributed by atoms with Crippen molar-refractivity contribution in [1.82, 2.24) is 34.3 Å². The Labute approximate surface area is 243 Å². The second-order valence-electron chi connectivity index (χ2n) is 9.14. The number of methoxy groups -OCH3 is 1. The van der Waals surface area contributed by atoms with Crippen molar-refractivity contribution in [2.75, 3.05) is 7.11 Å². The highest BCUT2D eigenvalue weighted by atomic mass is 35.5. The van der Waals surface area contributed by atoms with Gasteiger partial charge in [-0.3, -0.25) is 23.6 Å². The van der Waals surface area contributed by atoms with Gasteiger partial charge in [-0.2, -0.15) is 5.10 Å². The fourth-order valence-electron chi connectivity index (χ4n) is 4.37. The first kappa shape index (κ1) is 27.9. The number of aromatic nitrogens is 7. The van der Waals surface area contributed by atoms with Gasteiger partial charge in [-0.1, -0.05) is 58.7 Å². The highest BCUT2D eigenvalue weighted by Crippen LogP contribution is 2.28. The predicted molar refractivity (Wildman–Crippen MR) is 151 cm³/mol. The van der Waals surface area contributed by atoms with Gasteiger partial charge in [0.05, 0.1) is 37.2 Å². The molecule has 5 aromatic rings. The first-order chi connectivity index (χ1) is 19.8. The maximum Gasteiger partial charge on any atom is 0.327 e. The van der Waals surface area contributed by atoms with Crippen LogP contribution in [0, 0.1) is 0 Å². The van der Waals surface area contributed by atoms with Crippen LogP contribution < -0.4 is 5.56 Å². The standard InChI is InChI=1S/C28H23Cl2N7O4/c1-41-28(40)16-35-14-19(13-32-35)10-25(38)24(9-18-5-3-2-4-6-18)36-17-31-22(12-27(36)39)21-11-20(29)7-8-23(21)37-15-26(30)33-34-37/h2-8,11-15,17,24H,9-10,16H2,1H3/t24-/m0/s1. The maximum absolute atomic E-state index is 13.6. The van der Waals surface area contributed by atoms with E-state index in [9.17, 15) is 14.4 Å². The first-order valence-corrected chi connectivity index (χ1v) is 13.2. The minimum absolute atomic E-state index is 0.00162. The number of carbonyl (C=O) groups excluding carboxylic acids is 2. The van der Waals surface area contributed by atoms with Crippen molar-refractivity contribution in [1.29, 1.82) is 0 Å². The van der Waals surface area contributed by atoms with E-state index in [1.807, 2.05) is 30.3 Å². The quantitative estimate of drug-likeness (QED) is 0.225. The molecule has 0 unspecified atom stereocenters. The van der Waals surface area contributed by atoms with E-state index < -0.39 is 17.6 Å². The molecule has 0 saturated carbocycles. The summed E-state index contributed by atoms with van der Waals surface area (Å²) in [4.78, 5) is 43.3. The fraction of sp³-hybridized carbons (Fsp3) is 0.179. The van der Waals surface area contributed by atoms with Gasteiger partial charge < -0.3 is 4.74 Å². The van der Waals surface area contributed by atoms with Crippen LogP contribution in [0.25, 0.3) is 16.9 Å². The summed E-state index contributed by atoms with van der Waals surface area (Å²) in [6, 6.07) is 15.0. The number of nitrogens with zero attached hydrogens (tertiary/aromatic N) is 7. The average molecular weight is 592 g/mol. The molecule has 0 aliphatic heterocycles. The van der Waals surface area contributed by atoms with Crippen LogP contribution in [0.1, 0.15) is 17.2 Å². The van der Waals surface area contributed by atoms with Gasteiger partial charge in [0.2, 0.25) is 0 Å². The number of hydrogen-bond donors (Lipinski definition) is 0. The highest BCUT2D eigenvalue weighted by molar-refractivity contribution is 6.31. The van der Waals surface area contributed by atoms with Crippen molar-refractivity contribution < 1.29 is 14.3 Å². The largest absolute Gasteiger partial charge is 0.468 e. The third-order valence-corrected chi connectivity index (χ3v) is 6.75. The van der Waals surface area contributed by atoms with Gasteiger partial charge in [0, 0.05) is 35.7 Å². The molecule has 0 spiro atoms. The number of esters is 1. The third kappa shape index (κ3) is 6.59. The second kappa shape index (κ2) is 12.3. The van der Waals surface area contributed by atoms with Gasteiger partial charge in [0.15, 0.2) is 10.9 Å². The summed E-state index contributed by atoms with van der Waals surface area (Å²) in [7, 11) is 1.29. The minimum Gasteiger partial charge on any atom is -0.468 e. The van der Waals surface area contributed by atoms with Crippen molar-refractivity contribution in [3.63, 3.8) is 0 Å². The molecule has 0 bridgehead atoms. The first-order valence-electron chi connectivity index (χ1n) is 12.4. The summed E-state index contributed by atoms with van der Waals surface area (Å²) in [5.74, 6) is -0.677. The maximum atomic E-state index is 13.6. The molecule has 208 valence electrons. The monoisotopic (exact) mass is 591 g/mol. The Kier molecular flexibility index (Phi) is 8.37. The average Bonchev–Trinajstić information content (AvgIpc) is 3.60. The Hall–Kier alpha value is -4.61. The van der Waals surface area contributed by atoms with Crippen LogP contribution >= 0.6 is 23.2 Å². The summed E-state index contributed by atoms with van der Waals surface area (Å²) < 4.78 is 8.86. The van der Waals surface area contributed by atoms with E-state index in [1.54, 1.807) is 24.4 Å². The minimum atomic E-state index is -0.844. The summed E-state index contributed by atoms with van der Waals surface area (Å²) >= 11 is 12.2. The van der Waals surface area contributed by atoms with E-state index in [-0.39, 0.29) is 30.3 Å². The molecule has 1 atom stereocenters. The molecular formula is C28H23Cl2N7O4. The summed E-state index contributed by atoms with van der Waals surface area (Å²) in [6.07, 6.45) is 6.28. The zero-order valence-corrected chi connectivity index (χ0v) is 23.2. The molecule has 0 radical (unpaired) electrons. The van der Waals surface area contributed by atoms with Gasteiger partial charge in [0.1, 0.15) is 12.6 Å². The van der Waals surface area contributed by atoms with Crippen LogP contribution in [-0.2, 0) is 33.7 Å². The van der Waals surface area contributed by atoms with E-state index in [0.29, 0.717) is 27.5 Å². The molecule has 0 aliphatic rings. The molecule has 41 heavy (non-hydrogen) atoms. The number of Topliss-reactive ketones (excluding diaryl/α,β-unsaturated/α-hetero) is 1. The summed E-state index contributed by atoms with van der Waals surface area (Å²) in [5, 5.41) is 12.6. The van der Waals surface area contributed by atoms with Crippen molar-refractivity contribution >= 4 is 35.0 Å². The van der Waals surface area contributed by atoms with Crippen LogP contribution in [0.2, 0.25) is 10.2 Å². The Morgan fingerprint density at radius 1 is 1.02 bits per heavy atom. The van der Waals surface area contributed by atoms with Crippen LogP contribution in [-0.4, -0.2) is 53.2 Å². The van der Waals surface area contributed by atoms with Crippen molar-refractivity contribution in [3.05, 3.63) is 111 Å². The molecule has 0 saturated heterocycles. The van der Waals surface area contributed by atoms with Gasteiger partial charge >= 0.3 is 5.97 Å². The van der Waals surface area contributed by atoms with Crippen molar-refractivity contribution in [2.24, 2.45) is 0 Å². The molecule has 5 rings (SSSR count). The Morgan fingerprint density at radius 3 is 2.54 bits per heavy atom. The molecule has 0 fully saturated rings. The third-order valence-electron chi connectivity index (χ3n) is 6.35. The highest BCUT2D eigenvalue weighted by Gasteiger charge is 2.24. The molecule has 11 nitrogen and oxygen atoms in total. The van der Waals surface area contributed by atoms with Crippen LogP contribution in [0.5, 0.6) is 0 Å². The molecule has 3 aromatic heterocycles. The van der Waals surface area contributed by atoms with E-state index in [0.717, 1.165) is 5.56 Å². The Bertz CT molecular complexity index is 1760. The lowest BCUT2D eigenvalue weighted by atomic mass is 9.98. The fourth-order valence-corrected chi connectivity index (χ4v) is 4.67. The smallest absolute Gasteiger partial charge is 0.327 e. The van der Waals surface area contributed by atoms with Crippen LogP contribution in [0.3, 0.4) is 0 Å². The number of ether oxygens (including phenoxy) is 1. The number of rotatable bonds is 10. The molecule has 0 N–H and O–H groups in total. The summed E-state index contributed by atoms with van der Waals surface area (Å²) in [5.41, 5.74) is 2.50. The SMILES string of the molecule is COC(=O)Cn1cc(CC(=O)[C@H](Cc2ccccc2)n2cnc(-c3cc(Cl)ccc3-n3cc(Cl)nn3)cc2=O)cn1. The lowest BCUT2D eigenvalue weighted by Crippen LogP contribution is -2.32. The lowest BCUT2D eigenvalue weighted by Gasteiger charge is -2.19. The van der Waals surface area contributed by atoms with E-state index in [4.69, 9.17) is 23.2 Å². The van der Waals surface area contributed by atoms with Crippen molar-refractivity contribution in [3.8, 4) is 16.9 Å².